The van der Waals surface area contributed by atoms with Gasteiger partial charge in [0.2, 0.25) is 11.0 Å². The topological polar surface area (TPSA) is 89.4 Å². The van der Waals surface area contributed by atoms with Crippen LogP contribution in [0.4, 0.5) is 5.69 Å². The molecular formula is C20H18N4O3S. The molecular weight excluding hydrogens is 376 g/mol. The molecule has 2 heterocycles. The Hall–Kier alpha value is -3.26. The highest BCUT2D eigenvalue weighted by molar-refractivity contribution is 7.99. The number of aromatic nitrogens is 3. The smallest absolute Gasteiger partial charge is 0.247 e. The van der Waals surface area contributed by atoms with E-state index in [9.17, 15) is 5.11 Å². The molecule has 0 fully saturated rings. The molecule has 7 nitrogen and oxygen atoms in total. The molecule has 1 unspecified atom stereocenters. The number of fused-ring (bicyclic) bond motifs is 3. The maximum absolute atomic E-state index is 10.2. The molecule has 0 bridgehead atoms. The van der Waals surface area contributed by atoms with Crippen LogP contribution in [0.15, 0.2) is 60.3 Å². The molecule has 1 aliphatic heterocycles. The second kappa shape index (κ2) is 7.77. The lowest BCUT2D eigenvalue weighted by Crippen LogP contribution is -2.17. The summed E-state index contributed by atoms with van der Waals surface area (Å²) in [5.41, 5.74) is 2.97. The van der Waals surface area contributed by atoms with Gasteiger partial charge in [0.15, 0.2) is 23.4 Å². The molecule has 0 radical (unpaired) electrons. The van der Waals surface area contributed by atoms with E-state index < -0.39 is 6.23 Å². The van der Waals surface area contributed by atoms with Gasteiger partial charge in [-0.25, -0.2) is 0 Å². The number of phenolic OH excluding ortho intramolecular Hbond substituents is 1. The maximum atomic E-state index is 10.2. The lowest BCUT2D eigenvalue weighted by molar-refractivity contribution is 0.224. The number of thioether (sulfide) groups is 1. The molecule has 1 atom stereocenters. The third-order valence-corrected chi connectivity index (χ3v) is 5.00. The third kappa shape index (κ3) is 3.46. The summed E-state index contributed by atoms with van der Waals surface area (Å²) in [5.74, 6) is 1.47. The summed E-state index contributed by atoms with van der Waals surface area (Å²) < 4.78 is 11.3. The van der Waals surface area contributed by atoms with Gasteiger partial charge in [-0.05, 0) is 24.3 Å². The number of para-hydroxylation sites is 1. The summed E-state index contributed by atoms with van der Waals surface area (Å²) in [6, 6.07) is 12.8. The zero-order chi connectivity index (χ0) is 19.5. The monoisotopic (exact) mass is 394 g/mol. The molecule has 0 amide bonds. The van der Waals surface area contributed by atoms with E-state index in [1.807, 2.05) is 30.3 Å². The zero-order valence-corrected chi connectivity index (χ0v) is 15.9. The van der Waals surface area contributed by atoms with Crippen molar-refractivity contribution < 1.29 is 14.6 Å². The van der Waals surface area contributed by atoms with Gasteiger partial charge < -0.3 is 19.9 Å². The van der Waals surface area contributed by atoms with Gasteiger partial charge in [0.25, 0.3) is 0 Å². The summed E-state index contributed by atoms with van der Waals surface area (Å²) in [7, 11) is 1.51. The molecule has 28 heavy (non-hydrogen) atoms. The van der Waals surface area contributed by atoms with Crippen LogP contribution in [0, 0.1) is 0 Å². The minimum Gasteiger partial charge on any atom is -0.504 e. The fraction of sp³-hybridized carbons (Fsp3) is 0.150. The van der Waals surface area contributed by atoms with Gasteiger partial charge in [-0.3, -0.25) is 0 Å². The predicted molar refractivity (Wildman–Crippen MR) is 108 cm³/mol. The molecule has 2 N–H and O–H groups in total. The molecule has 0 spiro atoms. The Kier molecular flexibility index (Phi) is 5.03. The molecule has 142 valence electrons. The van der Waals surface area contributed by atoms with E-state index in [1.54, 1.807) is 18.2 Å². The Morgan fingerprint density at radius 3 is 2.93 bits per heavy atom. The molecule has 2 aromatic carbocycles. The highest BCUT2D eigenvalue weighted by atomic mass is 32.2. The van der Waals surface area contributed by atoms with Crippen molar-refractivity contribution in [1.29, 1.82) is 0 Å². The normalized spacial score (nSPS) is 14.7. The van der Waals surface area contributed by atoms with Crippen molar-refractivity contribution in [2.75, 3.05) is 18.2 Å². The largest absolute Gasteiger partial charge is 0.504 e. The number of methoxy groups -OCH3 is 1. The Morgan fingerprint density at radius 2 is 2.14 bits per heavy atom. The first kappa shape index (κ1) is 18.1. The molecule has 0 saturated carbocycles. The van der Waals surface area contributed by atoms with Gasteiger partial charge >= 0.3 is 0 Å². The number of hydrogen-bond donors (Lipinski definition) is 2. The quantitative estimate of drug-likeness (QED) is 0.495. The van der Waals surface area contributed by atoms with E-state index in [2.05, 4.69) is 27.1 Å². The number of aromatic hydroxyl groups is 1. The van der Waals surface area contributed by atoms with Crippen LogP contribution in [0.3, 0.4) is 0 Å². The summed E-state index contributed by atoms with van der Waals surface area (Å²) in [5, 5.41) is 22.6. The number of nitrogens with zero attached hydrogens (tertiary/aromatic N) is 3. The second-order valence-corrected chi connectivity index (χ2v) is 6.95. The first-order valence-corrected chi connectivity index (χ1v) is 9.56. The summed E-state index contributed by atoms with van der Waals surface area (Å²) in [6.45, 7) is 3.71. The average molecular weight is 394 g/mol. The Morgan fingerprint density at radius 1 is 1.29 bits per heavy atom. The van der Waals surface area contributed by atoms with Crippen LogP contribution in [0.2, 0.25) is 0 Å². The minimum absolute atomic E-state index is 0.0335. The van der Waals surface area contributed by atoms with E-state index in [0.29, 0.717) is 28.2 Å². The zero-order valence-electron chi connectivity index (χ0n) is 15.1. The van der Waals surface area contributed by atoms with Crippen molar-refractivity contribution in [3.05, 3.63) is 60.7 Å². The number of nitrogens with one attached hydrogen (secondary N) is 1. The Labute approximate surface area is 166 Å². The van der Waals surface area contributed by atoms with Crippen molar-refractivity contribution in [2.45, 2.75) is 11.4 Å². The molecule has 1 aliphatic rings. The van der Waals surface area contributed by atoms with Gasteiger partial charge in [0, 0.05) is 22.6 Å². The van der Waals surface area contributed by atoms with E-state index in [4.69, 9.17) is 9.47 Å². The van der Waals surface area contributed by atoms with Crippen LogP contribution in [-0.4, -0.2) is 33.2 Å². The van der Waals surface area contributed by atoms with Crippen molar-refractivity contribution in [3.63, 3.8) is 0 Å². The fourth-order valence-corrected chi connectivity index (χ4v) is 3.38. The SMILES string of the molecule is C=CCSc1nnc2c(n1)OC(c1ccc(OC)c(O)c1)Nc1ccccc1-2. The van der Waals surface area contributed by atoms with E-state index in [1.165, 1.54) is 18.9 Å². The van der Waals surface area contributed by atoms with Gasteiger partial charge in [-0.15, -0.1) is 16.8 Å². The molecule has 0 aliphatic carbocycles. The van der Waals surface area contributed by atoms with Crippen LogP contribution in [-0.2, 0) is 0 Å². The van der Waals surface area contributed by atoms with Crippen LogP contribution in [0.1, 0.15) is 11.8 Å². The van der Waals surface area contributed by atoms with Crippen LogP contribution < -0.4 is 14.8 Å². The highest BCUT2D eigenvalue weighted by Gasteiger charge is 2.26. The summed E-state index contributed by atoms with van der Waals surface area (Å²) in [4.78, 5) is 4.53. The van der Waals surface area contributed by atoms with Gasteiger partial charge in [-0.2, -0.15) is 4.98 Å². The Balaban J connectivity index is 1.78. The van der Waals surface area contributed by atoms with Gasteiger partial charge in [0.1, 0.15) is 0 Å². The number of benzene rings is 2. The average Bonchev–Trinajstić information content (AvgIpc) is 2.88. The van der Waals surface area contributed by atoms with Crippen molar-refractivity contribution in [3.8, 4) is 28.6 Å². The van der Waals surface area contributed by atoms with Crippen LogP contribution >= 0.6 is 11.8 Å². The first-order chi connectivity index (χ1) is 13.7. The standard InChI is InChI=1S/C20H18N4O3S/c1-3-10-28-20-22-19-17(23-24-20)13-6-4-5-7-14(13)21-18(27-19)12-8-9-16(26-2)15(25)11-12/h3-9,11,18,21,25H,1,10H2,2H3. The molecule has 1 aromatic heterocycles. The number of hydrogen-bond acceptors (Lipinski definition) is 8. The van der Waals surface area contributed by atoms with Crippen molar-refractivity contribution in [1.82, 2.24) is 15.2 Å². The van der Waals surface area contributed by atoms with E-state index >= 15 is 0 Å². The Bertz CT molecular complexity index is 1030. The number of phenols is 1. The predicted octanol–water partition coefficient (Wildman–Crippen LogP) is 4.03. The summed E-state index contributed by atoms with van der Waals surface area (Å²) >= 11 is 1.43. The van der Waals surface area contributed by atoms with E-state index in [-0.39, 0.29) is 5.75 Å². The maximum Gasteiger partial charge on any atom is 0.247 e. The van der Waals surface area contributed by atoms with Gasteiger partial charge in [-0.1, -0.05) is 36.0 Å². The number of anilines is 1. The molecule has 8 heteroatoms. The molecule has 3 aromatic rings. The molecule has 0 saturated heterocycles. The summed E-state index contributed by atoms with van der Waals surface area (Å²) in [6.07, 6.45) is 1.20. The van der Waals surface area contributed by atoms with Crippen molar-refractivity contribution >= 4 is 17.4 Å². The number of rotatable bonds is 5. The van der Waals surface area contributed by atoms with Crippen LogP contribution in [0.25, 0.3) is 11.3 Å². The van der Waals surface area contributed by atoms with Crippen molar-refractivity contribution in [2.24, 2.45) is 0 Å². The fourth-order valence-electron chi connectivity index (χ4n) is 2.86. The third-order valence-electron chi connectivity index (χ3n) is 4.17. The number of ether oxygens (including phenoxy) is 2. The lowest BCUT2D eigenvalue weighted by Gasteiger charge is -2.20. The lowest BCUT2D eigenvalue weighted by atomic mass is 10.1. The minimum atomic E-state index is -0.576. The molecule has 4 rings (SSSR count). The van der Waals surface area contributed by atoms with E-state index in [0.717, 1.165) is 16.8 Å². The van der Waals surface area contributed by atoms with Crippen LogP contribution in [0.5, 0.6) is 17.4 Å². The van der Waals surface area contributed by atoms with Gasteiger partial charge in [0.05, 0.1) is 7.11 Å². The second-order valence-electron chi connectivity index (χ2n) is 5.97. The first-order valence-electron chi connectivity index (χ1n) is 8.57. The highest BCUT2D eigenvalue weighted by Crippen LogP contribution is 2.40.